The zero-order chi connectivity index (χ0) is 15.8. The lowest BCUT2D eigenvalue weighted by Gasteiger charge is -2.08. The van der Waals surface area contributed by atoms with Crippen LogP contribution in [0.4, 0.5) is 0 Å². The highest BCUT2D eigenvalue weighted by atomic mass is 35.5. The summed E-state index contributed by atoms with van der Waals surface area (Å²) in [6, 6.07) is 17.6. The number of rotatable bonds is 7. The molecular formula is C17H21ClN2O2S. The Morgan fingerprint density at radius 2 is 1.78 bits per heavy atom. The molecule has 23 heavy (non-hydrogen) atoms. The molecule has 0 radical (unpaired) electrons. The predicted octanol–water partition coefficient (Wildman–Crippen LogP) is 2.77. The van der Waals surface area contributed by atoms with Crippen molar-refractivity contribution in [3.8, 4) is 0 Å². The highest BCUT2D eigenvalue weighted by Crippen LogP contribution is 2.12. The first-order valence-corrected chi connectivity index (χ1v) is 8.63. The van der Waals surface area contributed by atoms with Gasteiger partial charge in [-0.2, -0.15) is 0 Å². The Morgan fingerprint density at radius 1 is 1.13 bits per heavy atom. The van der Waals surface area contributed by atoms with Crippen molar-refractivity contribution in [1.29, 1.82) is 0 Å². The standard InChI is InChI=1S/C17H20N2O2S.ClH/c1-22(20)16-9-7-15(8-10-16)17(19-21-12-11-18)13-14-5-3-2-4-6-14;/h2-10H,11-13,18H2,1H3;1H. The third kappa shape index (κ3) is 6.14. The summed E-state index contributed by atoms with van der Waals surface area (Å²) in [6.07, 6.45) is 2.33. The number of nitrogens with zero attached hydrogens (tertiary/aromatic N) is 1. The van der Waals surface area contributed by atoms with Gasteiger partial charge in [0.1, 0.15) is 6.61 Å². The Bertz CT molecular complexity index is 645. The van der Waals surface area contributed by atoms with Crippen LogP contribution in [0, 0.1) is 0 Å². The van der Waals surface area contributed by atoms with Gasteiger partial charge in [0.25, 0.3) is 0 Å². The molecule has 0 amide bonds. The Balaban J connectivity index is 0.00000264. The average molecular weight is 353 g/mol. The van der Waals surface area contributed by atoms with Gasteiger partial charge in [-0.15, -0.1) is 12.4 Å². The van der Waals surface area contributed by atoms with E-state index in [0.717, 1.165) is 21.7 Å². The van der Waals surface area contributed by atoms with Gasteiger partial charge in [-0.3, -0.25) is 4.21 Å². The highest BCUT2D eigenvalue weighted by Gasteiger charge is 2.07. The van der Waals surface area contributed by atoms with E-state index < -0.39 is 10.8 Å². The zero-order valence-corrected chi connectivity index (χ0v) is 14.6. The molecule has 0 fully saturated rings. The van der Waals surface area contributed by atoms with Crippen molar-refractivity contribution in [3.05, 3.63) is 65.7 Å². The second-order valence-corrected chi connectivity index (χ2v) is 6.18. The molecule has 0 saturated carbocycles. The second-order valence-electron chi connectivity index (χ2n) is 4.80. The molecule has 4 nitrogen and oxygen atoms in total. The van der Waals surface area contributed by atoms with Gasteiger partial charge in [0.05, 0.1) is 5.71 Å². The smallest absolute Gasteiger partial charge is 0.129 e. The van der Waals surface area contributed by atoms with Crippen molar-refractivity contribution in [3.63, 3.8) is 0 Å². The number of oxime groups is 1. The molecule has 2 rings (SSSR count). The minimum atomic E-state index is -0.983. The lowest BCUT2D eigenvalue weighted by molar-refractivity contribution is 0.152. The minimum absolute atomic E-state index is 0. The van der Waals surface area contributed by atoms with Crippen molar-refractivity contribution in [2.45, 2.75) is 11.3 Å². The van der Waals surface area contributed by atoms with E-state index in [9.17, 15) is 4.21 Å². The van der Waals surface area contributed by atoms with Gasteiger partial charge < -0.3 is 10.6 Å². The van der Waals surface area contributed by atoms with Gasteiger partial charge in [-0.1, -0.05) is 47.6 Å². The van der Waals surface area contributed by atoms with E-state index in [4.69, 9.17) is 10.6 Å². The molecule has 0 heterocycles. The number of benzene rings is 2. The van der Waals surface area contributed by atoms with E-state index in [2.05, 4.69) is 5.16 Å². The maximum atomic E-state index is 11.5. The molecule has 0 saturated heterocycles. The predicted molar refractivity (Wildman–Crippen MR) is 97.7 cm³/mol. The highest BCUT2D eigenvalue weighted by molar-refractivity contribution is 7.84. The molecule has 0 aliphatic carbocycles. The third-order valence-corrected chi connectivity index (χ3v) is 4.05. The van der Waals surface area contributed by atoms with Crippen molar-refractivity contribution in [2.24, 2.45) is 10.9 Å². The van der Waals surface area contributed by atoms with E-state index in [1.54, 1.807) is 6.26 Å². The molecule has 0 spiro atoms. The average Bonchev–Trinajstić information content (AvgIpc) is 2.55. The number of halogens is 1. The van der Waals surface area contributed by atoms with Gasteiger partial charge >= 0.3 is 0 Å². The lowest BCUT2D eigenvalue weighted by Crippen LogP contribution is -2.10. The molecule has 0 bridgehead atoms. The fourth-order valence-corrected chi connectivity index (χ4v) is 2.51. The Morgan fingerprint density at radius 3 is 2.35 bits per heavy atom. The van der Waals surface area contributed by atoms with Crippen LogP contribution >= 0.6 is 12.4 Å². The SMILES string of the molecule is CS(=O)c1ccc(C(Cc2ccccc2)=NOCCN)cc1.Cl. The van der Waals surface area contributed by atoms with Crippen molar-refractivity contribution >= 4 is 28.9 Å². The monoisotopic (exact) mass is 352 g/mol. The van der Waals surface area contributed by atoms with Crippen molar-refractivity contribution < 1.29 is 9.05 Å². The summed E-state index contributed by atoms with van der Waals surface area (Å²) >= 11 is 0. The van der Waals surface area contributed by atoms with E-state index in [1.807, 2.05) is 54.6 Å². The van der Waals surface area contributed by atoms with Crippen LogP contribution in [0.25, 0.3) is 0 Å². The first-order chi connectivity index (χ1) is 10.7. The van der Waals surface area contributed by atoms with Crippen LogP contribution in [-0.2, 0) is 22.1 Å². The first kappa shape index (κ1) is 19.4. The van der Waals surface area contributed by atoms with Crippen LogP contribution in [0.1, 0.15) is 11.1 Å². The van der Waals surface area contributed by atoms with Gasteiger partial charge in [0, 0.05) is 34.9 Å². The summed E-state index contributed by atoms with van der Waals surface area (Å²) in [5.74, 6) is 0. The van der Waals surface area contributed by atoms with E-state index >= 15 is 0 Å². The lowest BCUT2D eigenvalue weighted by atomic mass is 10.0. The fourth-order valence-electron chi connectivity index (χ4n) is 1.99. The number of hydrogen-bond donors (Lipinski definition) is 1. The van der Waals surface area contributed by atoms with Crippen LogP contribution in [-0.4, -0.2) is 29.3 Å². The largest absolute Gasteiger partial charge is 0.394 e. The van der Waals surface area contributed by atoms with Gasteiger partial charge in [0.2, 0.25) is 0 Å². The van der Waals surface area contributed by atoms with Crippen LogP contribution in [0.2, 0.25) is 0 Å². The van der Waals surface area contributed by atoms with E-state index in [-0.39, 0.29) is 12.4 Å². The summed E-state index contributed by atoms with van der Waals surface area (Å²) in [4.78, 5) is 6.05. The van der Waals surface area contributed by atoms with Gasteiger partial charge in [-0.05, 0) is 23.3 Å². The molecule has 2 N–H and O–H groups in total. The van der Waals surface area contributed by atoms with Crippen molar-refractivity contribution in [2.75, 3.05) is 19.4 Å². The normalized spacial score (nSPS) is 12.3. The zero-order valence-electron chi connectivity index (χ0n) is 13.0. The van der Waals surface area contributed by atoms with Crippen LogP contribution in [0.5, 0.6) is 0 Å². The van der Waals surface area contributed by atoms with E-state index in [1.165, 1.54) is 0 Å². The Labute approximate surface area is 145 Å². The van der Waals surface area contributed by atoms with Crippen LogP contribution < -0.4 is 5.73 Å². The molecule has 0 aliphatic rings. The van der Waals surface area contributed by atoms with Gasteiger partial charge in [-0.25, -0.2) is 0 Å². The van der Waals surface area contributed by atoms with Crippen LogP contribution in [0.3, 0.4) is 0 Å². The molecule has 1 atom stereocenters. The summed E-state index contributed by atoms with van der Waals surface area (Å²) in [6.45, 7) is 0.811. The third-order valence-electron chi connectivity index (χ3n) is 3.12. The van der Waals surface area contributed by atoms with E-state index in [0.29, 0.717) is 19.6 Å². The Kier molecular flexibility index (Phi) is 8.55. The summed E-state index contributed by atoms with van der Waals surface area (Å²) in [5, 5.41) is 4.21. The topological polar surface area (TPSA) is 64.7 Å². The minimum Gasteiger partial charge on any atom is -0.394 e. The Hall–Kier alpha value is -1.69. The summed E-state index contributed by atoms with van der Waals surface area (Å²) in [5.41, 5.74) is 8.37. The van der Waals surface area contributed by atoms with Gasteiger partial charge in [0.15, 0.2) is 0 Å². The maximum absolute atomic E-state index is 11.5. The molecule has 6 heteroatoms. The molecule has 1 unspecified atom stereocenters. The van der Waals surface area contributed by atoms with Crippen molar-refractivity contribution in [1.82, 2.24) is 0 Å². The quantitative estimate of drug-likeness (QED) is 0.473. The molecule has 2 aromatic rings. The second kappa shape index (κ2) is 10.2. The first-order valence-electron chi connectivity index (χ1n) is 7.07. The summed E-state index contributed by atoms with van der Waals surface area (Å²) < 4.78 is 11.5. The van der Waals surface area contributed by atoms with Crippen LogP contribution in [0.15, 0.2) is 64.6 Å². The maximum Gasteiger partial charge on any atom is 0.129 e. The fraction of sp³-hybridized carbons (Fsp3) is 0.235. The molecule has 2 aromatic carbocycles. The molecule has 0 aromatic heterocycles. The molecular weight excluding hydrogens is 332 g/mol. The number of hydrogen-bond acceptors (Lipinski definition) is 4. The number of nitrogens with two attached hydrogens (primary N) is 1. The molecule has 124 valence electrons. The molecule has 0 aliphatic heterocycles. The summed E-state index contributed by atoms with van der Waals surface area (Å²) in [7, 11) is -0.983.